The van der Waals surface area contributed by atoms with Gasteiger partial charge in [-0.2, -0.15) is 0 Å². The molecule has 2 aromatic rings. The van der Waals surface area contributed by atoms with E-state index < -0.39 is 11.8 Å². The largest absolute Gasteiger partial charge is 0.482 e. The summed E-state index contributed by atoms with van der Waals surface area (Å²) in [7, 11) is 0. The summed E-state index contributed by atoms with van der Waals surface area (Å²) in [6.45, 7) is 1.60. The highest BCUT2D eigenvalue weighted by Gasteiger charge is 2.29. The van der Waals surface area contributed by atoms with Crippen molar-refractivity contribution in [1.82, 2.24) is 16.2 Å². The maximum atomic E-state index is 12.2. The Morgan fingerprint density at radius 1 is 1.09 bits per heavy atom. The molecule has 2 aromatic carbocycles. The molecule has 0 atom stereocenters. The average Bonchev–Trinajstić information content (AvgIpc) is 3.57. The number of aryl methyl sites for hydroxylation is 1. The van der Waals surface area contributed by atoms with Crippen molar-refractivity contribution in [3.05, 3.63) is 56.5 Å². The van der Waals surface area contributed by atoms with Crippen molar-refractivity contribution in [2.75, 3.05) is 11.9 Å². The Balaban J connectivity index is 1.41. The topological polar surface area (TPSA) is 109 Å². The lowest BCUT2D eigenvalue weighted by molar-refractivity contribution is -0.121. The van der Waals surface area contributed by atoms with Crippen LogP contribution in [0.5, 0.6) is 5.75 Å². The molecule has 1 aliphatic carbocycles. The number of amides is 3. The van der Waals surface area contributed by atoms with Crippen molar-refractivity contribution in [1.29, 1.82) is 0 Å². The monoisotopic (exact) mass is 582 g/mol. The van der Waals surface area contributed by atoms with Gasteiger partial charge in [-0.25, -0.2) is 0 Å². The molecule has 0 aliphatic heterocycles. The van der Waals surface area contributed by atoms with Crippen molar-refractivity contribution in [2.45, 2.75) is 19.8 Å². The molecule has 0 saturated heterocycles. The number of rotatable bonds is 6. The smallest absolute Gasteiger partial charge is 0.269 e. The summed E-state index contributed by atoms with van der Waals surface area (Å²) < 4.78 is 7.15. The standard InChI is InChI=1S/C21H20Br2N4O4S/c1-11-8-14(22)9-16(23)18(11)31-10-17(28)25-21(32)27-26-20(30)13-4-6-15(7-5-13)24-19(29)12-2-3-12/h4-9,12H,2-3,10H2,1H3,(H,24,29)(H,26,30)(H2,25,27,28,32). The molecule has 3 amide bonds. The fourth-order valence-corrected chi connectivity index (χ4v) is 4.40. The highest BCUT2D eigenvalue weighted by Crippen LogP contribution is 2.32. The summed E-state index contributed by atoms with van der Waals surface area (Å²) in [6, 6.07) is 10.1. The predicted octanol–water partition coefficient (Wildman–Crippen LogP) is 3.58. The first-order valence-electron chi connectivity index (χ1n) is 9.62. The van der Waals surface area contributed by atoms with Gasteiger partial charge in [0.05, 0.1) is 4.47 Å². The van der Waals surface area contributed by atoms with E-state index in [1.807, 2.05) is 19.1 Å². The van der Waals surface area contributed by atoms with Gasteiger partial charge in [0.1, 0.15) is 5.75 Å². The van der Waals surface area contributed by atoms with E-state index in [0.29, 0.717) is 21.5 Å². The molecule has 3 rings (SSSR count). The van der Waals surface area contributed by atoms with Crippen molar-refractivity contribution < 1.29 is 19.1 Å². The minimum Gasteiger partial charge on any atom is -0.482 e. The fourth-order valence-electron chi connectivity index (χ4n) is 2.68. The van der Waals surface area contributed by atoms with Crippen LogP contribution >= 0.6 is 44.1 Å². The Morgan fingerprint density at radius 2 is 1.78 bits per heavy atom. The van der Waals surface area contributed by atoms with Gasteiger partial charge in [0.15, 0.2) is 11.7 Å². The van der Waals surface area contributed by atoms with Crippen molar-refractivity contribution in [2.24, 2.45) is 5.92 Å². The third-order valence-electron chi connectivity index (χ3n) is 4.45. The minimum absolute atomic E-state index is 0.00316. The van der Waals surface area contributed by atoms with Crippen LogP contribution < -0.4 is 26.2 Å². The Kier molecular flexibility index (Phi) is 8.21. The van der Waals surface area contributed by atoms with Crippen LogP contribution in [0.15, 0.2) is 45.3 Å². The predicted molar refractivity (Wildman–Crippen MR) is 131 cm³/mol. The molecule has 0 spiro atoms. The number of ether oxygens (including phenoxy) is 1. The first kappa shape index (κ1) is 24.1. The Morgan fingerprint density at radius 3 is 2.41 bits per heavy atom. The number of halogens is 2. The number of nitrogens with one attached hydrogen (secondary N) is 4. The Labute approximate surface area is 207 Å². The molecule has 1 saturated carbocycles. The first-order chi connectivity index (χ1) is 15.2. The van der Waals surface area contributed by atoms with E-state index in [4.69, 9.17) is 17.0 Å². The average molecular weight is 584 g/mol. The summed E-state index contributed by atoms with van der Waals surface area (Å²) in [5.41, 5.74) is 6.71. The molecule has 0 heterocycles. The molecule has 0 bridgehead atoms. The Bertz CT molecular complexity index is 1040. The van der Waals surface area contributed by atoms with E-state index >= 15 is 0 Å². The molecule has 1 fully saturated rings. The maximum absolute atomic E-state index is 12.2. The van der Waals surface area contributed by atoms with Crippen LogP contribution in [0.2, 0.25) is 0 Å². The molecular formula is C21H20Br2N4O4S. The normalized spacial score (nSPS) is 12.5. The highest BCUT2D eigenvalue weighted by molar-refractivity contribution is 9.11. The molecular weight excluding hydrogens is 564 g/mol. The molecule has 0 radical (unpaired) electrons. The van der Waals surface area contributed by atoms with Gasteiger partial charge < -0.3 is 10.1 Å². The summed E-state index contributed by atoms with van der Waals surface area (Å²) in [6.07, 6.45) is 1.84. The van der Waals surface area contributed by atoms with E-state index in [0.717, 1.165) is 22.9 Å². The number of hydrogen-bond donors (Lipinski definition) is 4. The van der Waals surface area contributed by atoms with Crippen molar-refractivity contribution in [3.63, 3.8) is 0 Å². The van der Waals surface area contributed by atoms with E-state index in [2.05, 4.69) is 53.3 Å². The lowest BCUT2D eigenvalue weighted by atomic mass is 10.2. The zero-order valence-electron chi connectivity index (χ0n) is 17.0. The second kappa shape index (κ2) is 10.9. The van der Waals surface area contributed by atoms with Crippen LogP contribution in [0.25, 0.3) is 0 Å². The fraction of sp³-hybridized carbons (Fsp3) is 0.238. The molecule has 32 heavy (non-hydrogen) atoms. The number of hydrogen-bond acceptors (Lipinski definition) is 5. The van der Waals surface area contributed by atoms with Gasteiger partial charge in [0.25, 0.3) is 11.8 Å². The lowest BCUT2D eigenvalue weighted by Gasteiger charge is -2.13. The second-order valence-corrected chi connectivity index (χ2v) is 9.30. The molecule has 11 heteroatoms. The van der Waals surface area contributed by atoms with Gasteiger partial charge >= 0.3 is 0 Å². The van der Waals surface area contributed by atoms with E-state index in [1.165, 1.54) is 0 Å². The lowest BCUT2D eigenvalue weighted by Crippen LogP contribution is -2.49. The van der Waals surface area contributed by atoms with Crippen LogP contribution in [0.4, 0.5) is 5.69 Å². The van der Waals surface area contributed by atoms with Crippen LogP contribution in [0.1, 0.15) is 28.8 Å². The third-order valence-corrected chi connectivity index (χ3v) is 5.70. The highest BCUT2D eigenvalue weighted by atomic mass is 79.9. The van der Waals surface area contributed by atoms with Crippen molar-refractivity contribution >= 4 is 72.6 Å². The number of thiocarbonyl (C=S) groups is 1. The number of carbonyl (C=O) groups is 3. The second-order valence-electron chi connectivity index (χ2n) is 7.12. The Hall–Kier alpha value is -2.50. The van der Waals surface area contributed by atoms with Gasteiger partial charge in [-0.3, -0.25) is 30.6 Å². The summed E-state index contributed by atoms with van der Waals surface area (Å²) in [4.78, 5) is 36.1. The maximum Gasteiger partial charge on any atom is 0.269 e. The van der Waals surface area contributed by atoms with Gasteiger partial charge in [-0.15, -0.1) is 0 Å². The zero-order valence-corrected chi connectivity index (χ0v) is 20.9. The third kappa shape index (κ3) is 7.01. The zero-order chi connectivity index (χ0) is 23.3. The number of benzene rings is 2. The molecule has 168 valence electrons. The SMILES string of the molecule is Cc1cc(Br)cc(Br)c1OCC(=O)NC(=S)NNC(=O)c1ccc(NC(=O)C2CC2)cc1. The van der Waals surface area contributed by atoms with Gasteiger partial charge in [0, 0.05) is 21.6 Å². The molecule has 4 N–H and O–H groups in total. The quantitative estimate of drug-likeness (QED) is 0.306. The number of carbonyl (C=O) groups excluding carboxylic acids is 3. The molecule has 1 aliphatic rings. The number of anilines is 1. The first-order valence-corrected chi connectivity index (χ1v) is 11.6. The minimum atomic E-state index is -0.485. The van der Waals surface area contributed by atoms with Gasteiger partial charge in [0.2, 0.25) is 5.91 Å². The van der Waals surface area contributed by atoms with Crippen LogP contribution in [-0.2, 0) is 9.59 Å². The summed E-state index contributed by atoms with van der Waals surface area (Å²) in [5, 5.41) is 5.15. The van der Waals surface area contributed by atoms with E-state index in [-0.39, 0.29) is 23.5 Å². The van der Waals surface area contributed by atoms with Crippen LogP contribution in [0.3, 0.4) is 0 Å². The van der Waals surface area contributed by atoms with Gasteiger partial charge in [-0.1, -0.05) is 15.9 Å². The molecule has 0 aromatic heterocycles. The summed E-state index contributed by atoms with van der Waals surface area (Å²) in [5.74, 6) is -0.290. The van der Waals surface area contributed by atoms with Crippen molar-refractivity contribution in [3.8, 4) is 5.75 Å². The van der Waals surface area contributed by atoms with Crippen LogP contribution in [0, 0.1) is 12.8 Å². The number of hydrazine groups is 1. The van der Waals surface area contributed by atoms with E-state index in [1.54, 1.807) is 24.3 Å². The molecule has 8 nitrogen and oxygen atoms in total. The van der Waals surface area contributed by atoms with E-state index in [9.17, 15) is 14.4 Å². The van der Waals surface area contributed by atoms with Crippen LogP contribution in [-0.4, -0.2) is 29.4 Å². The summed E-state index contributed by atoms with van der Waals surface area (Å²) >= 11 is 11.8. The van der Waals surface area contributed by atoms with Gasteiger partial charge in [-0.05, 0) is 89.9 Å². The molecule has 0 unspecified atom stereocenters.